The van der Waals surface area contributed by atoms with Crippen molar-refractivity contribution in [1.82, 2.24) is 5.32 Å². The molecule has 4 heteroatoms. The Balaban J connectivity index is 4.17. The molecule has 0 aromatic heterocycles. The van der Waals surface area contributed by atoms with Crippen LogP contribution in [-0.4, -0.2) is 36.4 Å². The molecule has 0 aliphatic rings. The summed E-state index contributed by atoms with van der Waals surface area (Å²) in [6, 6.07) is 0. The maximum Gasteiger partial charge on any atom is 0.225 e. The number of rotatable bonds is 11. The Morgan fingerprint density at radius 1 is 1.05 bits per heavy atom. The van der Waals surface area contributed by atoms with Gasteiger partial charge in [0.1, 0.15) is 0 Å². The van der Waals surface area contributed by atoms with Crippen LogP contribution in [0.1, 0.15) is 74.1 Å². The molecule has 0 rings (SSSR count). The van der Waals surface area contributed by atoms with Gasteiger partial charge in [0.15, 0.2) is 0 Å². The van der Waals surface area contributed by atoms with Gasteiger partial charge in [-0.25, -0.2) is 0 Å². The first-order valence-corrected chi connectivity index (χ1v) is 8.49. The minimum atomic E-state index is -0.426. The molecule has 0 fully saturated rings. The van der Waals surface area contributed by atoms with Crippen LogP contribution in [-0.2, 0) is 9.53 Å². The molecule has 1 amide bonds. The molecular weight excluding hydrogens is 278 g/mol. The van der Waals surface area contributed by atoms with Crippen LogP contribution >= 0.6 is 0 Å². The van der Waals surface area contributed by atoms with E-state index in [1.165, 1.54) is 0 Å². The number of carbonyl (C=O) groups is 1. The van der Waals surface area contributed by atoms with Crippen molar-refractivity contribution in [3.63, 3.8) is 0 Å². The van der Waals surface area contributed by atoms with Gasteiger partial charge in [0.05, 0.1) is 5.60 Å². The lowest BCUT2D eigenvalue weighted by Crippen LogP contribution is -2.39. The van der Waals surface area contributed by atoms with E-state index in [4.69, 9.17) is 9.84 Å². The van der Waals surface area contributed by atoms with Crippen LogP contribution in [0.15, 0.2) is 0 Å². The second-order valence-corrected chi connectivity index (χ2v) is 8.24. The fourth-order valence-electron chi connectivity index (χ4n) is 1.98. The van der Waals surface area contributed by atoms with Crippen LogP contribution in [0.2, 0.25) is 0 Å². The molecule has 0 atom stereocenters. The zero-order valence-corrected chi connectivity index (χ0v) is 15.7. The van der Waals surface area contributed by atoms with Crippen LogP contribution < -0.4 is 5.32 Å². The highest BCUT2D eigenvalue weighted by Crippen LogP contribution is 2.25. The summed E-state index contributed by atoms with van der Waals surface area (Å²) in [5.74, 6) is 0.0743. The van der Waals surface area contributed by atoms with Gasteiger partial charge in [-0.15, -0.1) is 0 Å². The Bertz CT molecular complexity index is 335. The van der Waals surface area contributed by atoms with Gasteiger partial charge in [0.2, 0.25) is 5.91 Å². The third-order valence-electron chi connectivity index (χ3n) is 4.56. The second-order valence-electron chi connectivity index (χ2n) is 8.24. The summed E-state index contributed by atoms with van der Waals surface area (Å²) in [6.45, 7) is 15.8. The lowest BCUT2D eigenvalue weighted by atomic mass is 9.85. The van der Waals surface area contributed by atoms with Crippen molar-refractivity contribution in [1.29, 1.82) is 0 Å². The molecule has 0 aliphatic carbocycles. The topological polar surface area (TPSA) is 58.6 Å². The summed E-state index contributed by atoms with van der Waals surface area (Å²) in [5.41, 5.74) is -0.494. The van der Waals surface area contributed by atoms with Gasteiger partial charge in [0, 0.05) is 25.2 Å². The predicted molar refractivity (Wildman–Crippen MR) is 91.8 cm³/mol. The molecule has 0 aromatic carbocycles. The molecule has 0 aromatic rings. The zero-order valence-electron chi connectivity index (χ0n) is 15.7. The summed E-state index contributed by atoms with van der Waals surface area (Å²) in [4.78, 5) is 12.3. The van der Waals surface area contributed by atoms with E-state index >= 15 is 0 Å². The number of aliphatic hydroxyl groups is 1. The van der Waals surface area contributed by atoms with E-state index in [-0.39, 0.29) is 23.5 Å². The summed E-state index contributed by atoms with van der Waals surface area (Å²) >= 11 is 0. The smallest absolute Gasteiger partial charge is 0.225 e. The Kier molecular flexibility index (Phi) is 8.63. The van der Waals surface area contributed by atoms with Gasteiger partial charge < -0.3 is 15.2 Å². The number of aliphatic hydroxyl groups excluding tert-OH is 1. The number of nitrogens with one attached hydrogen (secondary N) is 1. The second kappa shape index (κ2) is 8.88. The standard InChI is InChI=1S/C18H37NO3/c1-8-18(6,7)22-14-11-17(4,5)15(21)19-12-9-16(2,3)10-13-20/h20H,8-14H2,1-7H3,(H,19,21). The number of carbonyl (C=O) groups excluding carboxylic acids is 1. The summed E-state index contributed by atoms with van der Waals surface area (Å²) in [7, 11) is 0. The van der Waals surface area contributed by atoms with Gasteiger partial charge in [-0.05, 0) is 44.9 Å². The van der Waals surface area contributed by atoms with Gasteiger partial charge in [-0.1, -0.05) is 34.6 Å². The Hall–Kier alpha value is -0.610. The first-order valence-electron chi connectivity index (χ1n) is 8.49. The molecule has 0 saturated carbocycles. The number of amides is 1. The molecule has 22 heavy (non-hydrogen) atoms. The molecule has 0 spiro atoms. The molecule has 132 valence electrons. The number of hydrogen-bond donors (Lipinski definition) is 2. The highest BCUT2D eigenvalue weighted by Gasteiger charge is 2.28. The maximum atomic E-state index is 12.3. The molecule has 0 saturated heterocycles. The van der Waals surface area contributed by atoms with Crippen LogP contribution in [0.5, 0.6) is 0 Å². The number of hydrogen-bond acceptors (Lipinski definition) is 3. The van der Waals surface area contributed by atoms with E-state index in [2.05, 4.69) is 39.9 Å². The van der Waals surface area contributed by atoms with E-state index in [9.17, 15) is 4.79 Å². The Morgan fingerprint density at radius 3 is 2.14 bits per heavy atom. The third kappa shape index (κ3) is 8.74. The fourth-order valence-corrected chi connectivity index (χ4v) is 1.98. The lowest BCUT2D eigenvalue weighted by Gasteiger charge is -2.29. The van der Waals surface area contributed by atoms with Crippen molar-refractivity contribution in [2.75, 3.05) is 19.8 Å². The van der Waals surface area contributed by atoms with E-state index in [0.29, 0.717) is 19.6 Å². The molecule has 0 unspecified atom stereocenters. The van der Waals surface area contributed by atoms with Crippen LogP contribution in [0.3, 0.4) is 0 Å². The summed E-state index contributed by atoms with van der Waals surface area (Å²) in [5, 5.41) is 12.0. The van der Waals surface area contributed by atoms with Gasteiger partial charge in [-0.2, -0.15) is 0 Å². The van der Waals surface area contributed by atoms with Crippen LogP contribution in [0.4, 0.5) is 0 Å². The SMILES string of the molecule is CCC(C)(C)OCCC(C)(C)C(=O)NCCC(C)(C)CCO. The molecular formula is C18H37NO3. The molecule has 0 radical (unpaired) electrons. The van der Waals surface area contributed by atoms with Crippen molar-refractivity contribution in [3.8, 4) is 0 Å². The largest absolute Gasteiger partial charge is 0.396 e. The number of ether oxygens (including phenoxy) is 1. The molecule has 0 bridgehead atoms. The minimum Gasteiger partial charge on any atom is -0.396 e. The van der Waals surface area contributed by atoms with E-state index in [0.717, 1.165) is 19.3 Å². The van der Waals surface area contributed by atoms with Crippen LogP contribution in [0.25, 0.3) is 0 Å². The normalized spacial score (nSPS) is 13.3. The van der Waals surface area contributed by atoms with Crippen molar-refractivity contribution < 1.29 is 14.6 Å². The highest BCUT2D eigenvalue weighted by atomic mass is 16.5. The first kappa shape index (κ1) is 21.4. The van der Waals surface area contributed by atoms with Gasteiger partial charge >= 0.3 is 0 Å². The van der Waals surface area contributed by atoms with Gasteiger partial charge in [0.25, 0.3) is 0 Å². The van der Waals surface area contributed by atoms with Crippen LogP contribution in [0, 0.1) is 10.8 Å². The van der Waals surface area contributed by atoms with E-state index in [1.54, 1.807) is 0 Å². The zero-order chi connectivity index (χ0) is 17.4. The molecule has 2 N–H and O–H groups in total. The highest BCUT2D eigenvalue weighted by molar-refractivity contribution is 5.81. The van der Waals surface area contributed by atoms with E-state index in [1.807, 2.05) is 13.8 Å². The third-order valence-corrected chi connectivity index (χ3v) is 4.56. The van der Waals surface area contributed by atoms with Crippen molar-refractivity contribution in [3.05, 3.63) is 0 Å². The lowest BCUT2D eigenvalue weighted by molar-refractivity contribution is -0.131. The quantitative estimate of drug-likeness (QED) is 0.613. The van der Waals surface area contributed by atoms with Crippen molar-refractivity contribution in [2.24, 2.45) is 10.8 Å². The first-order chi connectivity index (χ1) is 9.96. The van der Waals surface area contributed by atoms with Crippen molar-refractivity contribution in [2.45, 2.75) is 79.8 Å². The summed E-state index contributed by atoms with van der Waals surface area (Å²) in [6.07, 6.45) is 3.29. The Morgan fingerprint density at radius 2 is 1.64 bits per heavy atom. The molecule has 0 heterocycles. The fraction of sp³-hybridized carbons (Fsp3) is 0.944. The average Bonchev–Trinajstić information content (AvgIpc) is 2.37. The predicted octanol–water partition coefficient (Wildman–Crippen LogP) is 3.52. The summed E-state index contributed by atoms with van der Waals surface area (Å²) < 4.78 is 5.85. The maximum absolute atomic E-state index is 12.3. The minimum absolute atomic E-state index is 0.0560. The van der Waals surface area contributed by atoms with Crippen molar-refractivity contribution >= 4 is 5.91 Å². The molecule has 4 nitrogen and oxygen atoms in total. The monoisotopic (exact) mass is 315 g/mol. The van der Waals surface area contributed by atoms with E-state index < -0.39 is 5.41 Å². The average molecular weight is 315 g/mol. The molecule has 0 aliphatic heterocycles. The van der Waals surface area contributed by atoms with Gasteiger partial charge in [-0.3, -0.25) is 4.79 Å². The Labute approximate surface area is 137 Å².